The van der Waals surface area contributed by atoms with Gasteiger partial charge in [0.2, 0.25) is 0 Å². The van der Waals surface area contributed by atoms with Crippen molar-refractivity contribution in [3.05, 3.63) is 48.6 Å². The second kappa shape index (κ2) is 5.87. The fourth-order valence-corrected chi connectivity index (χ4v) is 13.3. The summed E-state index contributed by atoms with van der Waals surface area (Å²) in [5.41, 5.74) is 1.91. The Kier molecular flexibility index (Phi) is 4.07. The van der Waals surface area contributed by atoms with Crippen LogP contribution in [-0.4, -0.2) is 8.07 Å². The van der Waals surface area contributed by atoms with Gasteiger partial charge in [0.1, 0.15) is 0 Å². The molecule has 0 saturated heterocycles. The summed E-state index contributed by atoms with van der Waals surface area (Å²) in [6.07, 6.45) is 20.8. The second-order valence-corrected chi connectivity index (χ2v) is 14.8. The van der Waals surface area contributed by atoms with Gasteiger partial charge in [-0.1, -0.05) is 82.5 Å². The summed E-state index contributed by atoms with van der Waals surface area (Å²) in [5.74, 6) is 5.77. The molecular weight excluding hydrogens is 304 g/mol. The molecule has 130 valence electrons. The third-order valence-electron chi connectivity index (χ3n) is 8.35. The van der Waals surface area contributed by atoms with Gasteiger partial charge in [-0.15, -0.1) is 0 Å². The van der Waals surface area contributed by atoms with Crippen molar-refractivity contribution in [2.24, 2.45) is 41.4 Å². The Labute approximate surface area is 149 Å². The van der Waals surface area contributed by atoms with E-state index in [1.807, 2.05) is 0 Å². The lowest BCUT2D eigenvalue weighted by molar-refractivity contribution is 0.427. The van der Waals surface area contributed by atoms with E-state index in [0.29, 0.717) is 0 Å². The minimum Gasteiger partial charge on any atom is -0.0808 e. The van der Waals surface area contributed by atoms with Crippen LogP contribution in [-0.2, 0) is 0 Å². The van der Waals surface area contributed by atoms with Gasteiger partial charge in [0.25, 0.3) is 0 Å². The lowest BCUT2D eigenvalue weighted by Crippen LogP contribution is -2.43. The van der Waals surface area contributed by atoms with Gasteiger partial charge in [0.05, 0.1) is 8.07 Å². The molecule has 0 aliphatic heterocycles. The molecule has 2 saturated carbocycles. The van der Waals surface area contributed by atoms with Crippen LogP contribution in [0.15, 0.2) is 48.6 Å². The van der Waals surface area contributed by atoms with Crippen molar-refractivity contribution in [1.29, 1.82) is 0 Å². The van der Waals surface area contributed by atoms with E-state index in [0.717, 1.165) is 52.5 Å². The van der Waals surface area contributed by atoms with Gasteiger partial charge < -0.3 is 0 Å². The van der Waals surface area contributed by atoms with Crippen molar-refractivity contribution in [2.45, 2.75) is 51.4 Å². The number of fused-ring (bicyclic) bond motifs is 2. The van der Waals surface area contributed by atoms with Crippen LogP contribution >= 0.6 is 0 Å². The first-order valence-electron chi connectivity index (χ1n) is 10.1. The van der Waals surface area contributed by atoms with E-state index in [4.69, 9.17) is 0 Å². The van der Waals surface area contributed by atoms with Crippen molar-refractivity contribution < 1.29 is 0 Å². The van der Waals surface area contributed by atoms with E-state index < -0.39 is 8.07 Å². The number of rotatable bonds is 2. The molecule has 0 nitrogen and oxygen atoms in total. The molecule has 0 aromatic heterocycles. The van der Waals surface area contributed by atoms with Crippen molar-refractivity contribution >= 4 is 8.07 Å². The Morgan fingerprint density at radius 3 is 1.67 bits per heavy atom. The van der Waals surface area contributed by atoms with Gasteiger partial charge in [-0.25, -0.2) is 0 Å². The van der Waals surface area contributed by atoms with E-state index in [9.17, 15) is 0 Å². The monoisotopic (exact) mass is 338 g/mol. The molecule has 4 aliphatic rings. The second-order valence-electron chi connectivity index (χ2n) is 9.73. The van der Waals surface area contributed by atoms with Crippen LogP contribution in [0, 0.1) is 41.4 Å². The standard InChI is InChI=1S/C23H34Si/c1-15-14-22(21-13-9-6-10-18(15)21)24(4,5)23-16(2)19-11-7-8-12-20(19)17(23)3/h6-13,15-23H,14H2,1-5H3. The summed E-state index contributed by atoms with van der Waals surface area (Å²) in [5, 5.41) is 0. The predicted octanol–water partition coefficient (Wildman–Crippen LogP) is 6.48. The molecule has 0 N–H and O–H groups in total. The zero-order chi connectivity index (χ0) is 17.1. The molecule has 0 radical (unpaired) electrons. The van der Waals surface area contributed by atoms with Crippen LogP contribution < -0.4 is 0 Å². The highest BCUT2D eigenvalue weighted by Gasteiger charge is 2.56. The third kappa shape index (κ3) is 2.30. The van der Waals surface area contributed by atoms with E-state index >= 15 is 0 Å². The smallest absolute Gasteiger partial charge is 0.0547 e. The van der Waals surface area contributed by atoms with Crippen molar-refractivity contribution in [1.82, 2.24) is 0 Å². The maximum atomic E-state index is 2.74. The molecule has 0 amide bonds. The summed E-state index contributed by atoms with van der Waals surface area (Å²) in [7, 11) is -1.35. The summed E-state index contributed by atoms with van der Waals surface area (Å²) >= 11 is 0. The molecule has 0 aromatic carbocycles. The number of hydrogen-bond donors (Lipinski definition) is 0. The van der Waals surface area contributed by atoms with Gasteiger partial charge in [-0.05, 0) is 58.9 Å². The molecule has 8 atom stereocenters. The van der Waals surface area contributed by atoms with Gasteiger partial charge in [0, 0.05) is 0 Å². The zero-order valence-electron chi connectivity index (χ0n) is 16.0. The van der Waals surface area contributed by atoms with Crippen LogP contribution in [0.1, 0.15) is 27.2 Å². The highest BCUT2D eigenvalue weighted by Crippen LogP contribution is 2.62. The summed E-state index contributed by atoms with van der Waals surface area (Å²) in [4.78, 5) is 0. The molecule has 4 rings (SSSR count). The van der Waals surface area contributed by atoms with Crippen molar-refractivity contribution in [2.75, 3.05) is 0 Å². The normalized spacial score (nSPS) is 49.5. The quantitative estimate of drug-likeness (QED) is 0.506. The van der Waals surface area contributed by atoms with E-state index in [1.54, 1.807) is 0 Å². The topological polar surface area (TPSA) is 0 Å². The van der Waals surface area contributed by atoms with Crippen LogP contribution in [0.4, 0.5) is 0 Å². The van der Waals surface area contributed by atoms with Crippen molar-refractivity contribution in [3.8, 4) is 0 Å². The Balaban J connectivity index is 1.65. The van der Waals surface area contributed by atoms with Crippen LogP contribution in [0.25, 0.3) is 0 Å². The predicted molar refractivity (Wildman–Crippen MR) is 108 cm³/mol. The van der Waals surface area contributed by atoms with E-state index in [2.05, 4.69) is 82.5 Å². The maximum Gasteiger partial charge on any atom is 0.0547 e. The van der Waals surface area contributed by atoms with Gasteiger partial charge in [-0.2, -0.15) is 0 Å². The first-order chi connectivity index (χ1) is 11.4. The number of hydrogen-bond acceptors (Lipinski definition) is 0. The summed E-state index contributed by atoms with van der Waals surface area (Å²) in [6, 6.07) is 0. The van der Waals surface area contributed by atoms with Crippen LogP contribution in [0.2, 0.25) is 24.2 Å². The van der Waals surface area contributed by atoms with Crippen LogP contribution in [0.5, 0.6) is 0 Å². The molecular formula is C23H34Si. The van der Waals surface area contributed by atoms with E-state index in [1.165, 1.54) is 6.42 Å². The third-order valence-corrected chi connectivity index (χ3v) is 13.7. The highest BCUT2D eigenvalue weighted by molar-refractivity contribution is 6.80. The fourth-order valence-electron chi connectivity index (χ4n) is 7.38. The molecule has 1 heteroatoms. The minimum atomic E-state index is -1.35. The zero-order valence-corrected chi connectivity index (χ0v) is 17.0. The molecule has 2 fully saturated rings. The van der Waals surface area contributed by atoms with E-state index in [-0.39, 0.29) is 0 Å². The summed E-state index contributed by atoms with van der Waals surface area (Å²) < 4.78 is 0. The lowest BCUT2D eigenvalue weighted by Gasteiger charge is -2.43. The molecule has 0 spiro atoms. The largest absolute Gasteiger partial charge is 0.0808 e. The Morgan fingerprint density at radius 2 is 1.12 bits per heavy atom. The lowest BCUT2D eigenvalue weighted by atomic mass is 9.85. The molecule has 0 heterocycles. The highest BCUT2D eigenvalue weighted by atomic mass is 28.3. The first-order valence-corrected chi connectivity index (χ1v) is 13.3. The molecule has 24 heavy (non-hydrogen) atoms. The number of allylic oxidation sites excluding steroid dienone is 8. The average molecular weight is 339 g/mol. The van der Waals surface area contributed by atoms with Crippen LogP contribution in [0.3, 0.4) is 0 Å². The van der Waals surface area contributed by atoms with Gasteiger partial charge in [-0.3, -0.25) is 0 Å². The molecule has 0 bridgehead atoms. The summed E-state index contributed by atoms with van der Waals surface area (Å²) in [6.45, 7) is 13.1. The Morgan fingerprint density at radius 1 is 0.667 bits per heavy atom. The van der Waals surface area contributed by atoms with Gasteiger partial charge >= 0.3 is 0 Å². The fraction of sp³-hybridized carbons (Fsp3) is 0.652. The average Bonchev–Trinajstić information content (AvgIpc) is 3.05. The molecule has 0 aromatic rings. The first kappa shape index (κ1) is 16.6. The van der Waals surface area contributed by atoms with Gasteiger partial charge in [0.15, 0.2) is 0 Å². The van der Waals surface area contributed by atoms with Crippen molar-refractivity contribution in [3.63, 3.8) is 0 Å². The SMILES string of the molecule is CC1CC([Si](C)(C)C2C(C)C3C=CC=CC3C2C)C2C=CC=CC12. The minimum absolute atomic E-state index is 0.790. The Bertz CT molecular complexity index is 584. The molecule has 4 aliphatic carbocycles. The maximum absolute atomic E-state index is 2.74. The Hall–Kier alpha value is -0.823. The molecule has 8 unspecified atom stereocenters.